The van der Waals surface area contributed by atoms with Crippen molar-refractivity contribution in [3.8, 4) is 11.5 Å². The van der Waals surface area contributed by atoms with Gasteiger partial charge in [-0.2, -0.15) is 0 Å². The number of rotatable bonds is 5. The SMILES string of the molecule is COc1ccc(C(N)CN2CCC(C)CC2C)c(OC)c1. The first kappa shape index (κ1) is 16.1. The summed E-state index contributed by atoms with van der Waals surface area (Å²) < 4.78 is 10.7. The van der Waals surface area contributed by atoms with Gasteiger partial charge in [-0.15, -0.1) is 0 Å². The lowest BCUT2D eigenvalue weighted by Crippen LogP contribution is -2.43. The van der Waals surface area contributed by atoms with Gasteiger partial charge in [0.15, 0.2) is 0 Å². The summed E-state index contributed by atoms with van der Waals surface area (Å²) in [5.74, 6) is 2.42. The van der Waals surface area contributed by atoms with Crippen molar-refractivity contribution >= 4 is 0 Å². The zero-order valence-corrected chi connectivity index (χ0v) is 13.6. The van der Waals surface area contributed by atoms with Gasteiger partial charge in [0.2, 0.25) is 0 Å². The van der Waals surface area contributed by atoms with Crippen LogP contribution in [0.2, 0.25) is 0 Å². The van der Waals surface area contributed by atoms with Gasteiger partial charge in [-0.3, -0.25) is 4.90 Å². The summed E-state index contributed by atoms with van der Waals surface area (Å²) in [4.78, 5) is 2.49. The summed E-state index contributed by atoms with van der Waals surface area (Å²) in [7, 11) is 3.33. The molecule has 4 nitrogen and oxygen atoms in total. The number of likely N-dealkylation sites (tertiary alicyclic amines) is 1. The Morgan fingerprint density at radius 2 is 2.05 bits per heavy atom. The molecule has 2 rings (SSSR count). The van der Waals surface area contributed by atoms with Gasteiger partial charge < -0.3 is 15.2 Å². The molecule has 0 spiro atoms. The molecule has 1 aromatic carbocycles. The van der Waals surface area contributed by atoms with Crippen molar-refractivity contribution in [3.05, 3.63) is 23.8 Å². The van der Waals surface area contributed by atoms with Gasteiger partial charge in [0.25, 0.3) is 0 Å². The van der Waals surface area contributed by atoms with Gasteiger partial charge in [-0.05, 0) is 38.3 Å². The van der Waals surface area contributed by atoms with E-state index in [9.17, 15) is 0 Å². The van der Waals surface area contributed by atoms with E-state index in [2.05, 4.69) is 18.7 Å². The number of nitrogens with two attached hydrogens (primary N) is 1. The molecule has 118 valence electrons. The van der Waals surface area contributed by atoms with Crippen LogP contribution in [-0.4, -0.2) is 38.3 Å². The van der Waals surface area contributed by atoms with E-state index in [0.29, 0.717) is 6.04 Å². The zero-order chi connectivity index (χ0) is 15.4. The van der Waals surface area contributed by atoms with Crippen molar-refractivity contribution < 1.29 is 9.47 Å². The van der Waals surface area contributed by atoms with E-state index in [1.807, 2.05) is 18.2 Å². The van der Waals surface area contributed by atoms with Crippen LogP contribution >= 0.6 is 0 Å². The highest BCUT2D eigenvalue weighted by Crippen LogP contribution is 2.30. The van der Waals surface area contributed by atoms with Crippen LogP contribution in [-0.2, 0) is 0 Å². The minimum absolute atomic E-state index is 0.0401. The number of hydrogen-bond acceptors (Lipinski definition) is 4. The van der Waals surface area contributed by atoms with Crippen molar-refractivity contribution in [3.63, 3.8) is 0 Å². The number of benzene rings is 1. The molecule has 4 heteroatoms. The van der Waals surface area contributed by atoms with E-state index in [1.165, 1.54) is 12.8 Å². The predicted octanol–water partition coefficient (Wildman–Crippen LogP) is 2.82. The standard InChI is InChI=1S/C17H28N2O2/c1-12-7-8-19(13(2)9-12)11-16(18)15-6-5-14(20-3)10-17(15)21-4/h5-6,10,12-13,16H,7-9,11,18H2,1-4H3. The maximum Gasteiger partial charge on any atom is 0.127 e. The second-order valence-electron chi connectivity index (χ2n) is 6.19. The molecule has 1 saturated heterocycles. The Morgan fingerprint density at radius 3 is 2.67 bits per heavy atom. The van der Waals surface area contributed by atoms with E-state index >= 15 is 0 Å². The summed E-state index contributed by atoms with van der Waals surface area (Å²) in [6.45, 7) is 6.64. The maximum atomic E-state index is 6.43. The molecule has 1 aliphatic heterocycles. The van der Waals surface area contributed by atoms with Crippen LogP contribution < -0.4 is 15.2 Å². The highest BCUT2D eigenvalue weighted by Gasteiger charge is 2.25. The summed E-state index contributed by atoms with van der Waals surface area (Å²) >= 11 is 0. The number of methoxy groups -OCH3 is 2. The van der Waals surface area contributed by atoms with E-state index in [-0.39, 0.29) is 6.04 Å². The summed E-state index contributed by atoms with van der Waals surface area (Å²) in [6, 6.07) is 6.42. The van der Waals surface area contributed by atoms with Crippen LogP contribution in [0.5, 0.6) is 11.5 Å². The lowest BCUT2D eigenvalue weighted by atomic mass is 9.92. The van der Waals surface area contributed by atoms with Gasteiger partial charge in [-0.1, -0.05) is 13.0 Å². The molecule has 1 fully saturated rings. The number of nitrogens with zero attached hydrogens (tertiary/aromatic N) is 1. The van der Waals surface area contributed by atoms with Crippen molar-refractivity contribution in [2.75, 3.05) is 27.3 Å². The van der Waals surface area contributed by atoms with Gasteiger partial charge in [0.1, 0.15) is 11.5 Å². The van der Waals surface area contributed by atoms with Gasteiger partial charge in [0, 0.05) is 30.3 Å². The summed E-state index contributed by atoms with van der Waals surface area (Å²) in [5, 5.41) is 0. The monoisotopic (exact) mass is 292 g/mol. The number of hydrogen-bond donors (Lipinski definition) is 1. The van der Waals surface area contributed by atoms with Gasteiger partial charge in [0.05, 0.1) is 14.2 Å². The minimum Gasteiger partial charge on any atom is -0.497 e. The van der Waals surface area contributed by atoms with Gasteiger partial charge >= 0.3 is 0 Å². The molecule has 2 N–H and O–H groups in total. The molecule has 0 bridgehead atoms. The fraction of sp³-hybridized carbons (Fsp3) is 0.647. The van der Waals surface area contributed by atoms with E-state index < -0.39 is 0 Å². The molecule has 3 unspecified atom stereocenters. The average Bonchev–Trinajstić information content (AvgIpc) is 2.49. The Hall–Kier alpha value is -1.26. The molecule has 1 heterocycles. The van der Waals surface area contributed by atoms with E-state index in [0.717, 1.165) is 36.1 Å². The first-order valence-electron chi connectivity index (χ1n) is 7.76. The van der Waals surface area contributed by atoms with Crippen LogP contribution in [0, 0.1) is 5.92 Å². The molecule has 0 aliphatic carbocycles. The highest BCUT2D eigenvalue weighted by atomic mass is 16.5. The van der Waals surface area contributed by atoms with Crippen molar-refractivity contribution in [1.29, 1.82) is 0 Å². The van der Waals surface area contributed by atoms with Crippen molar-refractivity contribution in [2.45, 2.75) is 38.8 Å². The van der Waals surface area contributed by atoms with Crippen LogP contribution in [0.4, 0.5) is 0 Å². The summed E-state index contributed by atoms with van der Waals surface area (Å²) in [5.41, 5.74) is 7.47. The van der Waals surface area contributed by atoms with Crippen LogP contribution in [0.25, 0.3) is 0 Å². The molecule has 1 aliphatic rings. The first-order chi connectivity index (χ1) is 10.0. The summed E-state index contributed by atoms with van der Waals surface area (Å²) in [6.07, 6.45) is 2.52. The average molecular weight is 292 g/mol. The Balaban J connectivity index is 2.07. The third-order valence-electron chi connectivity index (χ3n) is 4.55. The van der Waals surface area contributed by atoms with Crippen molar-refractivity contribution in [1.82, 2.24) is 4.90 Å². The van der Waals surface area contributed by atoms with Crippen molar-refractivity contribution in [2.24, 2.45) is 11.7 Å². The quantitative estimate of drug-likeness (QED) is 0.906. The normalized spacial score (nSPS) is 24.6. The lowest BCUT2D eigenvalue weighted by molar-refractivity contribution is 0.122. The predicted molar refractivity (Wildman–Crippen MR) is 85.9 cm³/mol. The van der Waals surface area contributed by atoms with Crippen LogP contribution in [0.15, 0.2) is 18.2 Å². The Bertz CT molecular complexity index is 464. The van der Waals surface area contributed by atoms with E-state index in [4.69, 9.17) is 15.2 Å². The second-order valence-corrected chi connectivity index (χ2v) is 6.19. The van der Waals surface area contributed by atoms with Gasteiger partial charge in [-0.25, -0.2) is 0 Å². The molecule has 1 aromatic rings. The maximum absolute atomic E-state index is 6.43. The zero-order valence-electron chi connectivity index (χ0n) is 13.6. The highest BCUT2D eigenvalue weighted by molar-refractivity contribution is 5.42. The molecule has 21 heavy (non-hydrogen) atoms. The molecule has 0 aromatic heterocycles. The number of ether oxygens (including phenoxy) is 2. The molecule has 0 saturated carbocycles. The smallest absolute Gasteiger partial charge is 0.127 e. The lowest BCUT2D eigenvalue weighted by Gasteiger charge is -2.38. The number of piperidine rings is 1. The first-order valence-corrected chi connectivity index (χ1v) is 7.76. The molecule has 0 radical (unpaired) electrons. The van der Waals surface area contributed by atoms with Crippen LogP contribution in [0.3, 0.4) is 0 Å². The minimum atomic E-state index is -0.0401. The fourth-order valence-electron chi connectivity index (χ4n) is 3.20. The Kier molecular flexibility index (Phi) is 5.48. The van der Waals surface area contributed by atoms with E-state index in [1.54, 1.807) is 14.2 Å². The molecule has 0 amide bonds. The third kappa shape index (κ3) is 3.89. The fourth-order valence-corrected chi connectivity index (χ4v) is 3.20. The second kappa shape index (κ2) is 7.14. The molecular formula is C17H28N2O2. The third-order valence-corrected chi connectivity index (χ3v) is 4.55. The Labute approximate surface area is 128 Å². The largest absolute Gasteiger partial charge is 0.497 e. The molecule has 3 atom stereocenters. The topological polar surface area (TPSA) is 47.7 Å². The Morgan fingerprint density at radius 1 is 1.29 bits per heavy atom. The van der Waals surface area contributed by atoms with Crippen LogP contribution in [0.1, 0.15) is 38.3 Å². The molecular weight excluding hydrogens is 264 g/mol.